The van der Waals surface area contributed by atoms with Crippen LogP contribution in [-0.2, 0) is 9.84 Å². The van der Waals surface area contributed by atoms with Crippen molar-refractivity contribution in [3.8, 4) is 17.2 Å². The number of hydrogen-bond acceptors (Lipinski definition) is 6. The predicted molar refractivity (Wildman–Crippen MR) is 136 cm³/mol. The number of sulfone groups is 1. The van der Waals surface area contributed by atoms with Crippen molar-refractivity contribution in [2.24, 2.45) is 0 Å². The molecule has 8 heteroatoms. The third-order valence-corrected chi connectivity index (χ3v) is 9.28. The standard InChI is InChI=1S/C28H29NO6S/c30-27-15-14-24(18-25(27)19-5-1-2-6-19)36(33,34)28-16-13-23(17-26(28)20-7-3-4-8-20)35-22-11-9-21(10-12-22)29(31)32/h9-20,30H,1-8H2. The van der Waals surface area contributed by atoms with Gasteiger partial charge in [0.2, 0.25) is 9.84 Å². The Hall–Kier alpha value is -3.39. The SMILES string of the molecule is O=[N+]([O-])c1ccc(Oc2ccc(S(=O)(=O)c3ccc(O)c(C4CCCC4)c3)c(C3CCCC3)c2)cc1. The van der Waals surface area contributed by atoms with Gasteiger partial charge in [-0.3, -0.25) is 10.1 Å². The molecule has 0 atom stereocenters. The third kappa shape index (κ3) is 4.82. The lowest BCUT2D eigenvalue weighted by Gasteiger charge is -2.19. The van der Waals surface area contributed by atoms with Gasteiger partial charge >= 0.3 is 0 Å². The number of non-ortho nitro benzene ring substituents is 1. The van der Waals surface area contributed by atoms with E-state index in [1.165, 1.54) is 36.4 Å². The molecule has 5 rings (SSSR count). The van der Waals surface area contributed by atoms with E-state index in [9.17, 15) is 23.6 Å². The minimum absolute atomic E-state index is 0.0266. The van der Waals surface area contributed by atoms with Gasteiger partial charge in [-0.05, 0) is 97.2 Å². The first kappa shape index (κ1) is 24.3. The monoisotopic (exact) mass is 507 g/mol. The molecule has 2 saturated carbocycles. The highest BCUT2D eigenvalue weighted by atomic mass is 32.2. The van der Waals surface area contributed by atoms with E-state index in [1.807, 2.05) is 0 Å². The van der Waals surface area contributed by atoms with Gasteiger partial charge in [-0.2, -0.15) is 0 Å². The number of ether oxygens (including phenoxy) is 1. The van der Waals surface area contributed by atoms with Crippen LogP contribution in [0.2, 0.25) is 0 Å². The normalized spacial score (nSPS) is 16.9. The fourth-order valence-corrected chi connectivity index (χ4v) is 7.12. The average Bonchev–Trinajstić information content (AvgIpc) is 3.59. The molecule has 36 heavy (non-hydrogen) atoms. The maximum atomic E-state index is 13.9. The van der Waals surface area contributed by atoms with E-state index < -0.39 is 14.8 Å². The topological polar surface area (TPSA) is 107 Å². The minimum Gasteiger partial charge on any atom is -0.508 e. The molecule has 0 unspecified atom stereocenters. The summed E-state index contributed by atoms with van der Waals surface area (Å²) in [5, 5.41) is 21.4. The summed E-state index contributed by atoms with van der Waals surface area (Å²) in [7, 11) is -3.82. The van der Waals surface area contributed by atoms with Gasteiger partial charge in [0.05, 0.1) is 14.7 Å². The first-order chi connectivity index (χ1) is 17.3. The molecule has 2 aliphatic carbocycles. The van der Waals surface area contributed by atoms with Crippen molar-refractivity contribution in [3.05, 3.63) is 81.9 Å². The Balaban J connectivity index is 1.51. The number of nitrogens with zero attached hydrogens (tertiary/aromatic N) is 1. The number of benzene rings is 3. The lowest BCUT2D eigenvalue weighted by Crippen LogP contribution is -2.09. The molecular weight excluding hydrogens is 478 g/mol. The summed E-state index contributed by atoms with van der Waals surface area (Å²) >= 11 is 0. The van der Waals surface area contributed by atoms with Crippen LogP contribution in [0.1, 0.15) is 74.3 Å². The second-order valence-corrected chi connectivity index (χ2v) is 11.7. The van der Waals surface area contributed by atoms with Gasteiger partial charge in [0, 0.05) is 12.1 Å². The fraction of sp³-hybridized carbons (Fsp3) is 0.357. The van der Waals surface area contributed by atoms with Crippen molar-refractivity contribution < 1.29 is 23.2 Å². The van der Waals surface area contributed by atoms with Gasteiger partial charge in [-0.25, -0.2) is 8.42 Å². The van der Waals surface area contributed by atoms with Crippen LogP contribution in [0, 0.1) is 10.1 Å². The number of nitro groups is 1. The van der Waals surface area contributed by atoms with Gasteiger partial charge in [0.15, 0.2) is 0 Å². The van der Waals surface area contributed by atoms with E-state index in [0.717, 1.165) is 56.9 Å². The quantitative estimate of drug-likeness (QED) is 0.267. The van der Waals surface area contributed by atoms with Gasteiger partial charge in [-0.15, -0.1) is 0 Å². The minimum atomic E-state index is -3.82. The van der Waals surface area contributed by atoms with Crippen molar-refractivity contribution in [2.75, 3.05) is 0 Å². The molecule has 3 aromatic carbocycles. The van der Waals surface area contributed by atoms with Crippen molar-refractivity contribution >= 4 is 15.5 Å². The predicted octanol–water partition coefficient (Wildman–Crippen LogP) is 7.24. The van der Waals surface area contributed by atoms with E-state index >= 15 is 0 Å². The Morgan fingerprint density at radius 1 is 0.778 bits per heavy atom. The molecule has 1 N–H and O–H groups in total. The molecule has 188 valence electrons. The Morgan fingerprint density at radius 3 is 1.97 bits per heavy atom. The first-order valence-electron chi connectivity index (χ1n) is 12.5. The molecule has 0 aliphatic heterocycles. The van der Waals surface area contributed by atoms with Crippen LogP contribution in [0.5, 0.6) is 17.2 Å². The number of nitro benzene ring substituents is 1. The second-order valence-electron chi connectivity index (χ2n) is 9.74. The molecule has 2 fully saturated rings. The molecule has 0 bridgehead atoms. The molecule has 0 aromatic heterocycles. The van der Waals surface area contributed by atoms with Gasteiger partial charge in [-0.1, -0.05) is 25.7 Å². The van der Waals surface area contributed by atoms with Gasteiger partial charge < -0.3 is 9.84 Å². The molecular formula is C28H29NO6S. The van der Waals surface area contributed by atoms with Crippen LogP contribution in [0.4, 0.5) is 5.69 Å². The molecule has 2 aliphatic rings. The summed E-state index contributed by atoms with van der Waals surface area (Å²) in [6.07, 6.45) is 7.99. The molecule has 0 amide bonds. The van der Waals surface area contributed by atoms with Crippen LogP contribution < -0.4 is 4.74 Å². The number of phenols is 1. The van der Waals surface area contributed by atoms with E-state index in [2.05, 4.69) is 0 Å². The summed E-state index contributed by atoms with van der Waals surface area (Å²) in [5.74, 6) is 1.38. The highest BCUT2D eigenvalue weighted by molar-refractivity contribution is 7.91. The zero-order valence-electron chi connectivity index (χ0n) is 19.9. The van der Waals surface area contributed by atoms with E-state index in [0.29, 0.717) is 17.1 Å². The summed E-state index contributed by atoms with van der Waals surface area (Å²) in [6, 6.07) is 15.5. The van der Waals surface area contributed by atoms with Crippen molar-refractivity contribution in [2.45, 2.75) is 73.0 Å². The average molecular weight is 508 g/mol. The summed E-state index contributed by atoms with van der Waals surface area (Å²) in [5.41, 5.74) is 1.43. The van der Waals surface area contributed by atoms with E-state index in [4.69, 9.17) is 4.74 Å². The molecule has 0 radical (unpaired) electrons. The largest absolute Gasteiger partial charge is 0.508 e. The van der Waals surface area contributed by atoms with Crippen molar-refractivity contribution in [1.82, 2.24) is 0 Å². The Kier molecular flexibility index (Phi) is 6.71. The number of phenolic OH excluding ortho intramolecular Hbond substituents is 1. The maximum absolute atomic E-state index is 13.9. The van der Waals surface area contributed by atoms with Crippen LogP contribution in [0.3, 0.4) is 0 Å². The van der Waals surface area contributed by atoms with Crippen LogP contribution in [0.15, 0.2) is 70.5 Å². The molecule has 7 nitrogen and oxygen atoms in total. The zero-order valence-corrected chi connectivity index (χ0v) is 20.7. The molecule has 3 aromatic rings. The number of hydrogen-bond donors (Lipinski definition) is 1. The van der Waals surface area contributed by atoms with Gasteiger partial charge in [0.25, 0.3) is 5.69 Å². The smallest absolute Gasteiger partial charge is 0.269 e. The lowest BCUT2D eigenvalue weighted by molar-refractivity contribution is -0.384. The van der Waals surface area contributed by atoms with Gasteiger partial charge in [0.1, 0.15) is 17.2 Å². The zero-order chi connectivity index (χ0) is 25.3. The fourth-order valence-electron chi connectivity index (χ4n) is 5.55. The second kappa shape index (κ2) is 9.93. The first-order valence-corrected chi connectivity index (χ1v) is 14.0. The number of rotatable bonds is 7. The molecule has 0 spiro atoms. The van der Waals surface area contributed by atoms with Crippen LogP contribution in [-0.4, -0.2) is 18.4 Å². The van der Waals surface area contributed by atoms with Crippen molar-refractivity contribution in [1.29, 1.82) is 0 Å². The van der Waals surface area contributed by atoms with Crippen molar-refractivity contribution in [3.63, 3.8) is 0 Å². The lowest BCUT2D eigenvalue weighted by atomic mass is 9.97. The van der Waals surface area contributed by atoms with E-state index in [1.54, 1.807) is 24.3 Å². The molecule has 0 saturated heterocycles. The molecule has 0 heterocycles. The highest BCUT2D eigenvalue weighted by Gasteiger charge is 2.29. The van der Waals surface area contributed by atoms with Crippen LogP contribution in [0.25, 0.3) is 0 Å². The highest BCUT2D eigenvalue weighted by Crippen LogP contribution is 2.43. The number of aromatic hydroxyl groups is 1. The summed E-state index contributed by atoms with van der Waals surface area (Å²) in [4.78, 5) is 10.9. The Bertz CT molecular complexity index is 1370. The third-order valence-electron chi connectivity index (χ3n) is 7.45. The maximum Gasteiger partial charge on any atom is 0.269 e. The van der Waals surface area contributed by atoms with Crippen LogP contribution >= 0.6 is 0 Å². The Labute approximate surface area is 210 Å². The summed E-state index contributed by atoms with van der Waals surface area (Å²) < 4.78 is 33.7. The Morgan fingerprint density at radius 2 is 1.36 bits per heavy atom. The van der Waals surface area contributed by atoms with E-state index in [-0.39, 0.29) is 33.1 Å². The summed E-state index contributed by atoms with van der Waals surface area (Å²) in [6.45, 7) is 0.